The van der Waals surface area contributed by atoms with E-state index in [0.717, 1.165) is 22.7 Å². The second-order valence-corrected chi connectivity index (χ2v) is 5.55. The van der Waals surface area contributed by atoms with Crippen molar-refractivity contribution < 1.29 is 0 Å². The van der Waals surface area contributed by atoms with Gasteiger partial charge in [-0.05, 0) is 12.3 Å². The molecule has 0 fully saturated rings. The third kappa shape index (κ3) is 3.01. The summed E-state index contributed by atoms with van der Waals surface area (Å²) in [6.45, 7) is 5.51. The van der Waals surface area contributed by atoms with Crippen molar-refractivity contribution in [1.29, 1.82) is 0 Å². The van der Waals surface area contributed by atoms with Gasteiger partial charge in [0, 0.05) is 13.6 Å². The fourth-order valence-electron chi connectivity index (χ4n) is 1.79. The summed E-state index contributed by atoms with van der Waals surface area (Å²) in [4.78, 5) is 2.13. The van der Waals surface area contributed by atoms with Crippen molar-refractivity contribution >= 4 is 35.8 Å². The zero-order valence-electron chi connectivity index (χ0n) is 10.2. The maximum atomic E-state index is 5.82. The molecule has 0 unspecified atom stereocenters. The predicted octanol–water partition coefficient (Wildman–Crippen LogP) is 3.87. The van der Waals surface area contributed by atoms with Gasteiger partial charge >= 0.3 is 0 Å². The molecule has 0 aliphatic heterocycles. The molecule has 16 heavy (non-hydrogen) atoms. The van der Waals surface area contributed by atoms with E-state index in [2.05, 4.69) is 18.7 Å². The van der Waals surface area contributed by atoms with Crippen LogP contribution < -0.4 is 10.6 Å². The number of anilines is 2. The van der Waals surface area contributed by atoms with Crippen LogP contribution in [0.3, 0.4) is 0 Å². The summed E-state index contributed by atoms with van der Waals surface area (Å²) in [6.07, 6.45) is 3.72. The van der Waals surface area contributed by atoms with Gasteiger partial charge < -0.3 is 10.6 Å². The number of nitrogens with zero attached hydrogens (tertiary/aromatic N) is 1. The predicted molar refractivity (Wildman–Crippen MR) is 76.9 cm³/mol. The van der Waals surface area contributed by atoms with E-state index in [1.165, 1.54) is 19.3 Å². The first-order chi connectivity index (χ1) is 7.45. The van der Waals surface area contributed by atoms with Gasteiger partial charge in [0.1, 0.15) is 0 Å². The van der Waals surface area contributed by atoms with E-state index in [4.69, 9.17) is 30.2 Å². The molecule has 0 heterocycles. The van der Waals surface area contributed by atoms with Gasteiger partial charge in [-0.3, -0.25) is 0 Å². The summed E-state index contributed by atoms with van der Waals surface area (Å²) in [6, 6.07) is 0. The van der Waals surface area contributed by atoms with Crippen LogP contribution in [-0.4, -0.2) is 13.6 Å². The van der Waals surface area contributed by atoms with Gasteiger partial charge in [-0.15, -0.1) is 0 Å². The van der Waals surface area contributed by atoms with Crippen LogP contribution in [0.4, 0.5) is 11.4 Å². The van der Waals surface area contributed by atoms with Crippen LogP contribution in [0.1, 0.15) is 33.1 Å². The van der Waals surface area contributed by atoms with Crippen molar-refractivity contribution in [3.63, 3.8) is 0 Å². The Morgan fingerprint density at radius 2 is 1.81 bits per heavy atom. The van der Waals surface area contributed by atoms with Crippen LogP contribution in [-0.2, 0) is 0 Å². The Morgan fingerprint density at radius 1 is 1.19 bits per heavy atom. The van der Waals surface area contributed by atoms with E-state index in [-0.39, 0.29) is 0 Å². The highest BCUT2D eigenvalue weighted by molar-refractivity contribution is 7.74. The molecule has 0 radical (unpaired) electrons. The van der Waals surface area contributed by atoms with Gasteiger partial charge in [-0.25, -0.2) is 0 Å². The molecule has 0 spiro atoms. The third-order valence-electron chi connectivity index (χ3n) is 2.83. The van der Waals surface area contributed by atoms with Gasteiger partial charge in [0.2, 0.25) is 0 Å². The molecule has 0 aliphatic carbocycles. The lowest BCUT2D eigenvalue weighted by atomic mass is 10.1. The van der Waals surface area contributed by atoms with Crippen molar-refractivity contribution in [2.45, 2.75) is 33.1 Å². The van der Waals surface area contributed by atoms with E-state index in [1.54, 1.807) is 0 Å². The highest BCUT2D eigenvalue weighted by atomic mass is 32.1. The zero-order chi connectivity index (χ0) is 12.3. The summed E-state index contributed by atoms with van der Waals surface area (Å²) in [5.41, 5.74) is 7.50. The number of hydrogen-bond donors (Lipinski definition) is 1. The van der Waals surface area contributed by atoms with Crippen molar-refractivity contribution in [2.75, 3.05) is 24.2 Å². The quantitative estimate of drug-likeness (QED) is 0.618. The lowest BCUT2D eigenvalue weighted by Gasteiger charge is -2.23. The van der Waals surface area contributed by atoms with E-state index >= 15 is 0 Å². The van der Waals surface area contributed by atoms with Crippen LogP contribution in [0.25, 0.3) is 0 Å². The minimum atomic E-state index is 0.666. The minimum Gasteiger partial charge on any atom is -0.396 e. The van der Waals surface area contributed by atoms with Crippen LogP contribution in [0.5, 0.6) is 0 Å². The fraction of sp³-hybridized carbons (Fsp3) is 0.667. The molecule has 0 aliphatic rings. The summed E-state index contributed by atoms with van der Waals surface area (Å²) in [7, 11) is 2.03. The van der Waals surface area contributed by atoms with Crippen LogP contribution >= 0.6 is 24.4 Å². The Hall–Kier alpha value is -0.480. The van der Waals surface area contributed by atoms with Gasteiger partial charge in [-0.1, -0.05) is 51.1 Å². The average Bonchev–Trinajstić information content (AvgIpc) is 2.24. The smallest absolute Gasteiger partial charge is 0.0834 e. The summed E-state index contributed by atoms with van der Waals surface area (Å²) in [5, 5.41) is 0. The lowest BCUT2D eigenvalue weighted by molar-refractivity contribution is 0.538. The Labute approximate surface area is 108 Å². The minimum absolute atomic E-state index is 0.666. The van der Waals surface area contributed by atoms with Gasteiger partial charge in [0.15, 0.2) is 0 Å². The van der Waals surface area contributed by atoms with Crippen molar-refractivity contribution in [2.24, 2.45) is 5.92 Å². The van der Waals surface area contributed by atoms with Crippen LogP contribution in [0.15, 0.2) is 0 Å². The largest absolute Gasteiger partial charge is 0.396 e. The summed E-state index contributed by atoms with van der Waals surface area (Å²) < 4.78 is 1.43. The molecule has 0 saturated carbocycles. The van der Waals surface area contributed by atoms with E-state index in [0.29, 0.717) is 10.2 Å². The zero-order valence-corrected chi connectivity index (χ0v) is 11.9. The Kier molecular flexibility index (Phi) is 4.87. The topological polar surface area (TPSA) is 29.3 Å². The fourth-order valence-corrected chi connectivity index (χ4v) is 2.36. The van der Waals surface area contributed by atoms with Crippen LogP contribution in [0.2, 0.25) is 0 Å². The second kappa shape index (κ2) is 5.73. The lowest BCUT2D eigenvalue weighted by Crippen LogP contribution is -2.22. The molecule has 1 rings (SSSR count). The molecular weight excluding hydrogens is 236 g/mol. The normalized spacial score (nSPS) is 11.2. The molecule has 0 atom stereocenters. The van der Waals surface area contributed by atoms with E-state index in [1.807, 2.05) is 7.05 Å². The van der Waals surface area contributed by atoms with Crippen molar-refractivity contribution in [3.8, 4) is 0 Å². The first kappa shape index (κ1) is 13.6. The summed E-state index contributed by atoms with van der Waals surface area (Å²) >= 11 is 10.2. The molecule has 0 amide bonds. The molecular formula is C12H20N2S2. The monoisotopic (exact) mass is 256 g/mol. The maximum Gasteiger partial charge on any atom is 0.0834 e. The average molecular weight is 256 g/mol. The highest BCUT2D eigenvalue weighted by Gasteiger charge is 2.14. The second-order valence-electron chi connectivity index (χ2n) is 4.73. The number of hydrogen-bond acceptors (Lipinski definition) is 4. The maximum absolute atomic E-state index is 5.82. The molecule has 2 N–H and O–H groups in total. The van der Waals surface area contributed by atoms with Gasteiger partial charge in [0.05, 0.1) is 20.4 Å². The van der Waals surface area contributed by atoms with Crippen LogP contribution in [0, 0.1) is 14.9 Å². The third-order valence-corrected chi connectivity index (χ3v) is 3.78. The first-order valence-electron chi connectivity index (χ1n) is 5.75. The van der Waals surface area contributed by atoms with E-state index < -0.39 is 0 Å². The van der Waals surface area contributed by atoms with Crippen molar-refractivity contribution in [3.05, 3.63) is 9.02 Å². The van der Waals surface area contributed by atoms with E-state index in [9.17, 15) is 0 Å². The van der Waals surface area contributed by atoms with Gasteiger partial charge in [-0.2, -0.15) is 0 Å². The molecule has 1 aromatic rings. The molecule has 0 aromatic heterocycles. The number of nitrogens with two attached hydrogens (primary N) is 1. The number of nitrogen functional groups attached to an aromatic ring is 1. The highest BCUT2D eigenvalue weighted by Crippen LogP contribution is 2.32. The summed E-state index contributed by atoms with van der Waals surface area (Å²) in [5.74, 6) is 0.784. The molecule has 2 nitrogen and oxygen atoms in total. The Balaban J connectivity index is 2.40. The molecule has 1 aromatic carbocycles. The van der Waals surface area contributed by atoms with Crippen molar-refractivity contribution in [1.82, 2.24) is 0 Å². The number of unbranched alkanes of at least 4 members (excludes halogenated alkanes) is 1. The van der Waals surface area contributed by atoms with Gasteiger partial charge in [0.25, 0.3) is 0 Å². The SMILES string of the molecule is CC(C)CCCCN(C)c1c(N)c(=S)c1=S. The standard InChI is InChI=1S/C12H20N2S2/c1-8(2)6-4-5-7-14(3)10-9(13)11(15)12(10)16/h8H,4-7,13H2,1-3H3. The molecule has 90 valence electrons. The molecule has 4 heteroatoms. The Morgan fingerprint density at radius 3 is 2.31 bits per heavy atom. The molecule has 0 bridgehead atoms. The molecule has 0 saturated heterocycles. The first-order valence-corrected chi connectivity index (χ1v) is 6.56. The Bertz CT molecular complexity index is 417. The number of rotatable bonds is 6.